The molecule has 3 aromatic rings. The highest BCUT2D eigenvalue weighted by atomic mass is 16.5. The molecule has 30 heavy (non-hydrogen) atoms. The fourth-order valence-electron chi connectivity index (χ4n) is 3.79. The first kappa shape index (κ1) is 19.5. The van der Waals surface area contributed by atoms with Gasteiger partial charge in [-0.3, -0.25) is 9.78 Å². The van der Waals surface area contributed by atoms with Gasteiger partial charge in [0.15, 0.2) is 11.5 Å². The number of ether oxygens (including phenoxy) is 2. The van der Waals surface area contributed by atoms with Crippen molar-refractivity contribution >= 4 is 11.9 Å². The van der Waals surface area contributed by atoms with Crippen molar-refractivity contribution in [3.8, 4) is 22.8 Å². The highest BCUT2D eigenvalue weighted by Crippen LogP contribution is 2.40. The molecule has 2 aromatic heterocycles. The van der Waals surface area contributed by atoms with Crippen LogP contribution in [0.5, 0.6) is 11.5 Å². The SMILES string of the molecule is COc1cc2c(cc1OC)-c1cc(C(=O)NCc3cccnc3)c(C(=O)O)n1CC2. The minimum absolute atomic E-state index is 0.0193. The lowest BCUT2D eigenvalue weighted by Crippen LogP contribution is -2.25. The van der Waals surface area contributed by atoms with E-state index in [2.05, 4.69) is 10.3 Å². The van der Waals surface area contributed by atoms with E-state index >= 15 is 0 Å². The number of carbonyl (C=O) groups excluding carboxylic acids is 1. The Morgan fingerprint density at radius 1 is 1.20 bits per heavy atom. The second kappa shape index (κ2) is 7.90. The molecule has 1 aliphatic rings. The van der Waals surface area contributed by atoms with Crippen LogP contribution >= 0.6 is 0 Å². The molecule has 2 N–H and O–H groups in total. The topological polar surface area (TPSA) is 103 Å². The smallest absolute Gasteiger partial charge is 0.353 e. The van der Waals surface area contributed by atoms with Gasteiger partial charge >= 0.3 is 5.97 Å². The Bertz CT molecular complexity index is 1120. The first-order chi connectivity index (χ1) is 14.5. The van der Waals surface area contributed by atoms with E-state index < -0.39 is 11.9 Å². The van der Waals surface area contributed by atoms with Gasteiger partial charge in [0.1, 0.15) is 5.69 Å². The molecule has 0 bridgehead atoms. The van der Waals surface area contributed by atoms with Crippen molar-refractivity contribution < 1.29 is 24.2 Å². The van der Waals surface area contributed by atoms with Crippen LogP contribution in [0.1, 0.15) is 32.0 Å². The molecular weight excluding hydrogens is 386 g/mol. The minimum Gasteiger partial charge on any atom is -0.493 e. The summed E-state index contributed by atoms with van der Waals surface area (Å²) in [7, 11) is 3.12. The lowest BCUT2D eigenvalue weighted by atomic mass is 9.97. The maximum Gasteiger partial charge on any atom is 0.353 e. The number of aromatic carboxylic acids is 1. The van der Waals surface area contributed by atoms with Crippen LogP contribution in [0.15, 0.2) is 42.7 Å². The van der Waals surface area contributed by atoms with Crippen molar-refractivity contribution in [1.29, 1.82) is 0 Å². The Morgan fingerprint density at radius 2 is 1.97 bits per heavy atom. The van der Waals surface area contributed by atoms with Crippen LogP contribution in [0.4, 0.5) is 0 Å². The van der Waals surface area contributed by atoms with Gasteiger partial charge in [-0.2, -0.15) is 0 Å². The molecule has 3 heterocycles. The molecule has 1 aromatic carbocycles. The molecule has 0 saturated carbocycles. The number of carboxylic acid groups (broad SMARTS) is 1. The molecule has 0 saturated heterocycles. The molecule has 154 valence electrons. The lowest BCUT2D eigenvalue weighted by Gasteiger charge is -2.22. The second-order valence-electron chi connectivity index (χ2n) is 6.91. The van der Waals surface area contributed by atoms with E-state index in [-0.39, 0.29) is 17.8 Å². The fraction of sp³-hybridized carbons (Fsp3) is 0.227. The van der Waals surface area contributed by atoms with Crippen LogP contribution in [0.25, 0.3) is 11.3 Å². The van der Waals surface area contributed by atoms with Crippen LogP contribution in [0.3, 0.4) is 0 Å². The average Bonchev–Trinajstić information content (AvgIpc) is 3.17. The van der Waals surface area contributed by atoms with Crippen LogP contribution in [-0.4, -0.2) is 40.8 Å². The standard InChI is InChI=1S/C22H21N3O5/c1-29-18-8-14-5-7-25-17(15(14)10-19(18)30-2)9-16(20(25)22(27)28)21(26)24-12-13-4-3-6-23-11-13/h3-4,6,8-11H,5,7,12H2,1-2H3,(H,24,26)(H,27,28). The van der Waals surface area contributed by atoms with E-state index in [9.17, 15) is 14.7 Å². The number of nitrogens with one attached hydrogen (secondary N) is 1. The van der Waals surface area contributed by atoms with E-state index in [0.717, 1.165) is 16.7 Å². The van der Waals surface area contributed by atoms with Gasteiger partial charge in [-0.15, -0.1) is 0 Å². The van der Waals surface area contributed by atoms with Gasteiger partial charge < -0.3 is 24.5 Å². The van der Waals surface area contributed by atoms with E-state index in [1.807, 2.05) is 18.2 Å². The summed E-state index contributed by atoms with van der Waals surface area (Å²) in [5, 5.41) is 12.6. The number of carbonyl (C=O) groups is 2. The molecule has 4 rings (SSSR count). The van der Waals surface area contributed by atoms with E-state index in [4.69, 9.17) is 9.47 Å². The van der Waals surface area contributed by atoms with E-state index in [0.29, 0.717) is 30.2 Å². The largest absolute Gasteiger partial charge is 0.493 e. The van der Waals surface area contributed by atoms with Gasteiger partial charge in [0.25, 0.3) is 5.91 Å². The number of hydrogen-bond acceptors (Lipinski definition) is 5. The lowest BCUT2D eigenvalue weighted by molar-refractivity contribution is 0.0679. The molecule has 0 radical (unpaired) electrons. The molecule has 0 aliphatic carbocycles. The van der Waals surface area contributed by atoms with Gasteiger partial charge in [0, 0.05) is 36.7 Å². The van der Waals surface area contributed by atoms with Crippen molar-refractivity contribution in [3.05, 3.63) is 65.1 Å². The Balaban J connectivity index is 1.74. The highest BCUT2D eigenvalue weighted by Gasteiger charge is 2.29. The third-order valence-electron chi connectivity index (χ3n) is 5.21. The normalized spacial score (nSPS) is 11.9. The highest BCUT2D eigenvalue weighted by molar-refractivity contribution is 6.05. The molecule has 1 aliphatic heterocycles. The number of carboxylic acids is 1. The summed E-state index contributed by atoms with van der Waals surface area (Å²) in [4.78, 5) is 28.9. The molecule has 1 amide bonds. The first-order valence-corrected chi connectivity index (χ1v) is 9.42. The molecule has 0 atom stereocenters. The van der Waals surface area contributed by atoms with E-state index in [1.54, 1.807) is 43.3 Å². The fourth-order valence-corrected chi connectivity index (χ4v) is 3.79. The third kappa shape index (κ3) is 3.36. The van der Waals surface area contributed by atoms with Gasteiger partial charge in [-0.25, -0.2) is 4.79 Å². The number of aryl methyl sites for hydroxylation is 1. The van der Waals surface area contributed by atoms with Crippen molar-refractivity contribution in [2.24, 2.45) is 0 Å². The zero-order valence-corrected chi connectivity index (χ0v) is 16.6. The van der Waals surface area contributed by atoms with Gasteiger partial charge in [-0.1, -0.05) is 6.07 Å². The maximum atomic E-state index is 12.8. The molecule has 8 nitrogen and oxygen atoms in total. The van der Waals surface area contributed by atoms with Crippen molar-refractivity contribution in [1.82, 2.24) is 14.9 Å². The number of hydrogen-bond donors (Lipinski definition) is 2. The second-order valence-corrected chi connectivity index (χ2v) is 6.91. The number of pyridine rings is 1. The molecule has 0 fully saturated rings. The number of rotatable bonds is 6. The van der Waals surface area contributed by atoms with Gasteiger partial charge in [0.05, 0.1) is 19.8 Å². The minimum atomic E-state index is -1.14. The number of benzene rings is 1. The zero-order chi connectivity index (χ0) is 21.3. The predicted octanol–water partition coefficient (Wildman–Crippen LogP) is 2.75. The number of fused-ring (bicyclic) bond motifs is 3. The summed E-state index contributed by atoms with van der Waals surface area (Å²) in [5.74, 6) is -0.425. The van der Waals surface area contributed by atoms with Crippen LogP contribution in [0.2, 0.25) is 0 Å². The molecular formula is C22H21N3O5. The predicted molar refractivity (Wildman–Crippen MR) is 109 cm³/mol. The average molecular weight is 407 g/mol. The van der Waals surface area contributed by atoms with Crippen LogP contribution in [0, 0.1) is 0 Å². The van der Waals surface area contributed by atoms with Crippen molar-refractivity contribution in [2.45, 2.75) is 19.5 Å². The molecule has 8 heteroatoms. The Hall–Kier alpha value is -3.81. The quantitative estimate of drug-likeness (QED) is 0.651. The first-order valence-electron chi connectivity index (χ1n) is 9.42. The van der Waals surface area contributed by atoms with Crippen LogP contribution in [-0.2, 0) is 19.5 Å². The monoisotopic (exact) mass is 407 g/mol. The summed E-state index contributed by atoms with van der Waals surface area (Å²) in [6, 6.07) is 8.97. The Labute approximate surface area is 173 Å². The Kier molecular flexibility index (Phi) is 5.14. The Morgan fingerprint density at radius 3 is 2.63 bits per heavy atom. The zero-order valence-electron chi connectivity index (χ0n) is 16.6. The number of nitrogens with zero attached hydrogens (tertiary/aromatic N) is 2. The number of amides is 1. The van der Waals surface area contributed by atoms with Crippen molar-refractivity contribution in [3.63, 3.8) is 0 Å². The summed E-state index contributed by atoms with van der Waals surface area (Å²) in [6.45, 7) is 0.711. The molecule has 0 spiro atoms. The van der Waals surface area contributed by atoms with E-state index in [1.165, 1.54) is 0 Å². The summed E-state index contributed by atoms with van der Waals surface area (Å²) < 4.78 is 12.5. The van der Waals surface area contributed by atoms with Gasteiger partial charge in [0.2, 0.25) is 0 Å². The number of methoxy groups -OCH3 is 2. The summed E-state index contributed by atoms with van der Waals surface area (Å²) >= 11 is 0. The van der Waals surface area contributed by atoms with Crippen LogP contribution < -0.4 is 14.8 Å². The van der Waals surface area contributed by atoms with Crippen molar-refractivity contribution in [2.75, 3.05) is 14.2 Å². The maximum absolute atomic E-state index is 12.8. The van der Waals surface area contributed by atoms with Gasteiger partial charge in [-0.05, 0) is 41.8 Å². The molecule has 0 unspecified atom stereocenters. The number of aromatic nitrogens is 2. The summed E-state index contributed by atoms with van der Waals surface area (Å²) in [5.41, 5.74) is 3.44. The third-order valence-corrected chi connectivity index (χ3v) is 5.21. The summed E-state index contributed by atoms with van der Waals surface area (Å²) in [6.07, 6.45) is 3.92.